The molecule has 0 radical (unpaired) electrons. The van der Waals surface area contributed by atoms with Crippen molar-refractivity contribution in [3.63, 3.8) is 0 Å². The zero-order valence-corrected chi connectivity index (χ0v) is 13.3. The second-order valence-electron chi connectivity index (χ2n) is 4.51. The third-order valence-electron chi connectivity index (χ3n) is 3.03. The fraction of sp³-hybridized carbons (Fsp3) is 0.333. The Morgan fingerprint density at radius 3 is 2.74 bits per heavy atom. The molecule has 0 amide bonds. The van der Waals surface area contributed by atoms with Crippen LogP contribution in [0, 0.1) is 5.92 Å². The van der Waals surface area contributed by atoms with Gasteiger partial charge in [-0.15, -0.1) is 0 Å². The van der Waals surface area contributed by atoms with Crippen LogP contribution in [0.4, 0.5) is 0 Å². The Kier molecular flexibility index (Phi) is 4.94. The molecule has 1 aromatic rings. The largest absolute Gasteiger partial charge is 0.493 e. The Balaban J connectivity index is 2.20. The first-order valence-electron chi connectivity index (χ1n) is 6.11. The summed E-state index contributed by atoms with van der Waals surface area (Å²) < 4.78 is 11.3. The zero-order chi connectivity index (χ0) is 13.8. The van der Waals surface area contributed by atoms with Gasteiger partial charge in [-0.1, -0.05) is 40.5 Å². The molecule has 19 heavy (non-hydrogen) atoms. The smallest absolute Gasteiger partial charge is 0.168 e. The fourth-order valence-corrected chi connectivity index (χ4v) is 2.39. The molecule has 0 bridgehead atoms. The molecule has 0 fully saturated rings. The van der Waals surface area contributed by atoms with Crippen molar-refractivity contribution in [1.29, 1.82) is 0 Å². The Morgan fingerprint density at radius 1 is 1.32 bits per heavy atom. The average Bonchev–Trinajstić information content (AvgIpc) is 2.43. The van der Waals surface area contributed by atoms with Crippen molar-refractivity contribution < 1.29 is 9.47 Å². The molecule has 0 saturated heterocycles. The maximum atomic E-state index is 6.06. The van der Waals surface area contributed by atoms with Gasteiger partial charge >= 0.3 is 0 Å². The molecular formula is C15H16BrClO2. The highest BCUT2D eigenvalue weighted by Crippen LogP contribution is 2.34. The van der Waals surface area contributed by atoms with E-state index >= 15 is 0 Å². The van der Waals surface area contributed by atoms with Crippen LogP contribution in [0.15, 0.2) is 41.1 Å². The molecule has 1 unspecified atom stereocenters. The molecule has 0 heterocycles. The van der Waals surface area contributed by atoms with Crippen LogP contribution in [0.3, 0.4) is 0 Å². The van der Waals surface area contributed by atoms with Gasteiger partial charge in [0.1, 0.15) is 5.76 Å². The summed E-state index contributed by atoms with van der Waals surface area (Å²) in [4.78, 5) is 0. The first-order valence-corrected chi connectivity index (χ1v) is 7.61. The summed E-state index contributed by atoms with van der Waals surface area (Å²) in [5.74, 6) is 2.68. The summed E-state index contributed by atoms with van der Waals surface area (Å²) in [6, 6.07) is 5.92. The number of halogens is 2. The molecule has 0 aromatic heterocycles. The number of hydrogen-bond acceptors (Lipinski definition) is 2. The molecule has 1 aromatic carbocycles. The van der Waals surface area contributed by atoms with Gasteiger partial charge in [-0.3, -0.25) is 0 Å². The highest BCUT2D eigenvalue weighted by Gasteiger charge is 2.16. The van der Waals surface area contributed by atoms with Crippen LogP contribution in [-0.4, -0.2) is 7.11 Å². The van der Waals surface area contributed by atoms with Crippen molar-refractivity contribution in [2.45, 2.75) is 18.7 Å². The van der Waals surface area contributed by atoms with E-state index in [1.165, 1.54) is 0 Å². The number of hydrogen-bond donors (Lipinski definition) is 0. The van der Waals surface area contributed by atoms with Crippen LogP contribution < -0.4 is 9.47 Å². The summed E-state index contributed by atoms with van der Waals surface area (Å²) in [7, 11) is 1.65. The van der Waals surface area contributed by atoms with Gasteiger partial charge in [0.15, 0.2) is 11.5 Å². The van der Waals surface area contributed by atoms with Gasteiger partial charge in [0.05, 0.1) is 7.11 Å². The van der Waals surface area contributed by atoms with E-state index in [9.17, 15) is 0 Å². The van der Waals surface area contributed by atoms with Crippen molar-refractivity contribution >= 4 is 27.5 Å². The molecule has 2 rings (SSSR count). The van der Waals surface area contributed by atoms with Crippen LogP contribution in [0.5, 0.6) is 11.5 Å². The van der Waals surface area contributed by atoms with E-state index in [1.807, 2.05) is 30.4 Å². The quantitative estimate of drug-likeness (QED) is 0.715. The predicted molar refractivity (Wildman–Crippen MR) is 82.1 cm³/mol. The fourth-order valence-electron chi connectivity index (χ4n) is 1.90. The topological polar surface area (TPSA) is 18.5 Å². The minimum Gasteiger partial charge on any atom is -0.493 e. The van der Waals surface area contributed by atoms with Gasteiger partial charge in [0, 0.05) is 16.8 Å². The first kappa shape index (κ1) is 14.5. The van der Waals surface area contributed by atoms with Crippen LogP contribution in [0.2, 0.25) is 0 Å². The van der Waals surface area contributed by atoms with Gasteiger partial charge < -0.3 is 9.47 Å². The molecule has 0 aliphatic heterocycles. The summed E-state index contributed by atoms with van der Waals surface area (Å²) in [6.45, 7) is 2.08. The molecule has 2 nitrogen and oxygen atoms in total. The summed E-state index contributed by atoms with van der Waals surface area (Å²) in [5.41, 5.74) is 1.15. The van der Waals surface area contributed by atoms with Gasteiger partial charge in [0.25, 0.3) is 0 Å². The Morgan fingerprint density at radius 2 is 2.11 bits per heavy atom. The van der Waals surface area contributed by atoms with E-state index in [4.69, 9.17) is 21.1 Å². The zero-order valence-electron chi connectivity index (χ0n) is 11.0. The highest BCUT2D eigenvalue weighted by atomic mass is 79.9. The van der Waals surface area contributed by atoms with Crippen LogP contribution in [0.25, 0.3) is 0 Å². The lowest BCUT2D eigenvalue weighted by atomic mass is 10.0. The summed E-state index contributed by atoms with van der Waals surface area (Å²) >= 11 is 9.49. The molecular weight excluding hydrogens is 328 g/mol. The van der Waals surface area contributed by atoms with Gasteiger partial charge in [-0.25, -0.2) is 0 Å². The lowest BCUT2D eigenvalue weighted by Crippen LogP contribution is -2.07. The predicted octanol–water partition coefficient (Wildman–Crippen LogP) is 5.02. The normalized spacial score (nSPS) is 18.6. The minimum absolute atomic E-state index is 0.300. The second kappa shape index (κ2) is 6.49. The third-order valence-corrected chi connectivity index (χ3v) is 4.18. The van der Waals surface area contributed by atoms with Gasteiger partial charge in [-0.05, 0) is 35.8 Å². The van der Waals surface area contributed by atoms with E-state index in [1.54, 1.807) is 7.11 Å². The molecule has 1 aliphatic rings. The van der Waals surface area contributed by atoms with E-state index in [2.05, 4.69) is 22.9 Å². The van der Waals surface area contributed by atoms with Crippen LogP contribution in [0.1, 0.15) is 18.9 Å². The van der Waals surface area contributed by atoms with Crippen molar-refractivity contribution in [2.24, 2.45) is 5.92 Å². The number of rotatable bonds is 4. The lowest BCUT2D eigenvalue weighted by molar-refractivity contribution is 0.342. The van der Waals surface area contributed by atoms with Crippen molar-refractivity contribution in [3.05, 3.63) is 46.7 Å². The van der Waals surface area contributed by atoms with E-state index in [-0.39, 0.29) is 0 Å². The van der Waals surface area contributed by atoms with E-state index < -0.39 is 0 Å². The number of methoxy groups -OCH3 is 1. The number of benzene rings is 1. The third kappa shape index (κ3) is 3.54. The van der Waals surface area contributed by atoms with Crippen molar-refractivity contribution in [1.82, 2.24) is 0 Å². The summed E-state index contributed by atoms with van der Waals surface area (Å²) in [6.07, 6.45) is 4.61. The number of allylic oxidation sites excluding steroid dienone is 4. The van der Waals surface area contributed by atoms with Crippen molar-refractivity contribution in [3.8, 4) is 11.5 Å². The van der Waals surface area contributed by atoms with Crippen LogP contribution in [-0.2, 0) is 5.33 Å². The molecule has 0 spiro atoms. The van der Waals surface area contributed by atoms with E-state index in [0.29, 0.717) is 5.92 Å². The molecule has 4 heteroatoms. The average molecular weight is 344 g/mol. The monoisotopic (exact) mass is 342 g/mol. The maximum Gasteiger partial charge on any atom is 0.168 e. The minimum atomic E-state index is 0.300. The van der Waals surface area contributed by atoms with Gasteiger partial charge in [-0.2, -0.15) is 0 Å². The van der Waals surface area contributed by atoms with E-state index in [0.717, 1.165) is 39.6 Å². The number of alkyl halides is 1. The molecule has 102 valence electrons. The highest BCUT2D eigenvalue weighted by molar-refractivity contribution is 9.08. The number of ether oxygens (including phenoxy) is 2. The lowest BCUT2D eigenvalue weighted by Gasteiger charge is -2.19. The SMILES string of the molecule is COc1cc(CBr)ccc1OC1=CC=C(Cl)C(C)C1. The van der Waals surface area contributed by atoms with Gasteiger partial charge in [0.2, 0.25) is 0 Å². The maximum absolute atomic E-state index is 6.06. The second-order valence-corrected chi connectivity index (χ2v) is 5.51. The Hall–Kier alpha value is -0.930. The molecule has 0 saturated carbocycles. The standard InChI is InChI=1S/C15H16BrClO2/c1-10-7-12(4-5-13(10)17)19-14-6-3-11(9-16)8-15(14)18-2/h3-6,8,10H,7,9H2,1-2H3. The Bertz CT molecular complexity index is 523. The van der Waals surface area contributed by atoms with Crippen molar-refractivity contribution in [2.75, 3.05) is 7.11 Å². The Labute approximate surface area is 127 Å². The summed E-state index contributed by atoms with van der Waals surface area (Å²) in [5, 5.41) is 1.66. The first-order chi connectivity index (χ1) is 9.13. The molecule has 1 atom stereocenters. The van der Waals surface area contributed by atoms with Crippen LogP contribution >= 0.6 is 27.5 Å². The molecule has 1 aliphatic carbocycles. The molecule has 0 N–H and O–H groups in total.